The van der Waals surface area contributed by atoms with Gasteiger partial charge in [0, 0.05) is 23.2 Å². The van der Waals surface area contributed by atoms with E-state index in [9.17, 15) is 5.11 Å². The lowest BCUT2D eigenvalue weighted by Gasteiger charge is -2.20. The molecule has 0 aliphatic carbocycles. The van der Waals surface area contributed by atoms with Crippen LogP contribution in [-0.4, -0.2) is 42.3 Å². The van der Waals surface area contributed by atoms with Crippen LogP contribution in [-0.2, 0) is 0 Å². The number of nitrogens with one attached hydrogen (secondary N) is 1. The molecule has 0 amide bonds. The van der Waals surface area contributed by atoms with Gasteiger partial charge in [-0.25, -0.2) is 0 Å². The minimum Gasteiger partial charge on any atom is -0.390 e. The van der Waals surface area contributed by atoms with Crippen molar-refractivity contribution >= 4 is 33.2 Å². The number of nitrogens with zero attached hydrogens (tertiary/aromatic N) is 1. The van der Waals surface area contributed by atoms with E-state index in [2.05, 4.69) is 26.1 Å². The molecule has 2 rings (SSSR count). The Labute approximate surface area is 121 Å². The van der Waals surface area contributed by atoms with E-state index < -0.39 is 0 Å². The normalized spacial score (nSPS) is 17.9. The molecule has 1 saturated heterocycles. The number of anilines is 1. The number of β-amino-alcohol motifs (C(OH)–C–C–N with tert-alkyl or cyclic N) is 1. The van der Waals surface area contributed by atoms with Gasteiger partial charge in [-0.05, 0) is 60.1 Å². The molecule has 0 radical (unpaired) electrons. The van der Waals surface area contributed by atoms with Crippen LogP contribution in [0.3, 0.4) is 0 Å². The molecular weight excluding hydrogens is 316 g/mol. The number of likely N-dealkylation sites (tertiary alicyclic amines) is 1. The van der Waals surface area contributed by atoms with Crippen LogP contribution in [0.1, 0.15) is 12.8 Å². The maximum atomic E-state index is 9.95. The van der Waals surface area contributed by atoms with E-state index in [4.69, 9.17) is 11.6 Å². The summed E-state index contributed by atoms with van der Waals surface area (Å²) in [4.78, 5) is 2.31. The summed E-state index contributed by atoms with van der Waals surface area (Å²) < 4.78 is 0.864. The Kier molecular flexibility index (Phi) is 5.30. The van der Waals surface area contributed by atoms with Crippen LogP contribution in [0.2, 0.25) is 5.02 Å². The summed E-state index contributed by atoms with van der Waals surface area (Å²) in [6.45, 7) is 3.54. The second-order valence-corrected chi connectivity index (χ2v) is 5.93. The summed E-state index contributed by atoms with van der Waals surface area (Å²) in [6.07, 6.45) is 2.17. The monoisotopic (exact) mass is 332 g/mol. The first-order valence-corrected chi connectivity index (χ1v) is 7.41. The summed E-state index contributed by atoms with van der Waals surface area (Å²) >= 11 is 9.31. The van der Waals surface area contributed by atoms with Crippen molar-refractivity contribution in [2.24, 2.45) is 0 Å². The highest BCUT2D eigenvalue weighted by Crippen LogP contribution is 2.25. The quantitative estimate of drug-likeness (QED) is 0.869. The van der Waals surface area contributed by atoms with Crippen molar-refractivity contribution in [3.8, 4) is 0 Å². The van der Waals surface area contributed by atoms with Gasteiger partial charge in [-0.15, -0.1) is 0 Å². The molecule has 0 aromatic heterocycles. The molecule has 0 spiro atoms. The molecule has 1 atom stereocenters. The molecule has 18 heavy (non-hydrogen) atoms. The van der Waals surface area contributed by atoms with Crippen LogP contribution in [0.4, 0.5) is 5.69 Å². The zero-order chi connectivity index (χ0) is 13.0. The third kappa shape index (κ3) is 4.12. The number of benzene rings is 1. The molecule has 2 N–H and O–H groups in total. The van der Waals surface area contributed by atoms with Gasteiger partial charge in [0.2, 0.25) is 0 Å². The molecule has 1 aromatic carbocycles. The third-order valence-electron chi connectivity index (χ3n) is 3.13. The molecule has 1 fully saturated rings. The van der Waals surface area contributed by atoms with Crippen LogP contribution >= 0.6 is 27.5 Å². The van der Waals surface area contributed by atoms with E-state index in [-0.39, 0.29) is 6.10 Å². The van der Waals surface area contributed by atoms with E-state index in [1.165, 1.54) is 12.8 Å². The largest absolute Gasteiger partial charge is 0.390 e. The Morgan fingerprint density at radius 3 is 2.78 bits per heavy atom. The highest BCUT2D eigenvalue weighted by molar-refractivity contribution is 9.10. The molecule has 5 heteroatoms. The fourth-order valence-electron chi connectivity index (χ4n) is 2.17. The van der Waals surface area contributed by atoms with Crippen LogP contribution in [0.5, 0.6) is 0 Å². The van der Waals surface area contributed by atoms with Crippen LogP contribution in [0, 0.1) is 0 Å². The minimum atomic E-state index is -0.336. The zero-order valence-electron chi connectivity index (χ0n) is 10.2. The van der Waals surface area contributed by atoms with Gasteiger partial charge in [0.25, 0.3) is 0 Å². The molecule has 0 saturated carbocycles. The zero-order valence-corrected chi connectivity index (χ0v) is 12.5. The molecular formula is C13H18BrClN2O. The molecule has 1 aromatic rings. The number of hydrogen-bond acceptors (Lipinski definition) is 3. The van der Waals surface area contributed by atoms with E-state index in [0.717, 1.165) is 29.8 Å². The van der Waals surface area contributed by atoms with Gasteiger partial charge in [-0.1, -0.05) is 11.6 Å². The average molecular weight is 334 g/mol. The highest BCUT2D eigenvalue weighted by atomic mass is 79.9. The van der Waals surface area contributed by atoms with Gasteiger partial charge < -0.3 is 15.3 Å². The van der Waals surface area contributed by atoms with Crippen molar-refractivity contribution in [1.82, 2.24) is 4.90 Å². The van der Waals surface area contributed by atoms with Gasteiger partial charge in [0.15, 0.2) is 0 Å². The Bertz CT molecular complexity index is 397. The fourth-order valence-corrected chi connectivity index (χ4v) is 2.67. The first-order valence-electron chi connectivity index (χ1n) is 6.24. The fraction of sp³-hybridized carbons (Fsp3) is 0.538. The first-order chi connectivity index (χ1) is 8.65. The van der Waals surface area contributed by atoms with E-state index in [1.54, 1.807) is 0 Å². The van der Waals surface area contributed by atoms with Crippen LogP contribution in [0.25, 0.3) is 0 Å². The van der Waals surface area contributed by atoms with Crippen molar-refractivity contribution in [2.75, 3.05) is 31.5 Å². The summed E-state index contributed by atoms with van der Waals surface area (Å²) in [5.74, 6) is 0. The Balaban J connectivity index is 1.77. The van der Waals surface area contributed by atoms with Crippen molar-refractivity contribution < 1.29 is 5.11 Å². The van der Waals surface area contributed by atoms with Crippen LogP contribution < -0.4 is 5.32 Å². The molecule has 1 aliphatic heterocycles. The SMILES string of the molecule is OC(CNc1ccc(Cl)c(Br)c1)CN1CCCC1. The molecule has 1 heterocycles. The predicted molar refractivity (Wildman–Crippen MR) is 79.3 cm³/mol. The first kappa shape index (κ1) is 14.1. The Hall–Kier alpha value is -0.290. The predicted octanol–water partition coefficient (Wildman–Crippen LogP) is 2.97. The molecule has 0 bridgehead atoms. The standard InChI is InChI=1S/C13H18BrClN2O/c14-12-7-10(3-4-13(12)15)16-8-11(18)9-17-5-1-2-6-17/h3-4,7,11,16,18H,1-2,5-6,8-9H2. The maximum absolute atomic E-state index is 9.95. The van der Waals surface area contributed by atoms with Gasteiger partial charge in [-0.3, -0.25) is 0 Å². The van der Waals surface area contributed by atoms with Gasteiger partial charge in [0.1, 0.15) is 0 Å². The number of aliphatic hydroxyl groups is 1. The van der Waals surface area contributed by atoms with Gasteiger partial charge in [-0.2, -0.15) is 0 Å². The highest BCUT2D eigenvalue weighted by Gasteiger charge is 2.15. The second kappa shape index (κ2) is 6.75. The summed E-state index contributed by atoms with van der Waals surface area (Å²) in [5.41, 5.74) is 0.965. The number of aliphatic hydroxyl groups excluding tert-OH is 1. The molecule has 100 valence electrons. The Morgan fingerprint density at radius 1 is 1.39 bits per heavy atom. The minimum absolute atomic E-state index is 0.336. The van der Waals surface area contributed by atoms with Gasteiger partial charge >= 0.3 is 0 Å². The maximum Gasteiger partial charge on any atom is 0.0839 e. The summed E-state index contributed by atoms with van der Waals surface area (Å²) in [7, 11) is 0. The topological polar surface area (TPSA) is 35.5 Å². The Morgan fingerprint density at radius 2 is 2.11 bits per heavy atom. The smallest absolute Gasteiger partial charge is 0.0839 e. The van der Waals surface area contributed by atoms with Crippen molar-refractivity contribution in [2.45, 2.75) is 18.9 Å². The average Bonchev–Trinajstić information content (AvgIpc) is 2.83. The molecule has 1 aliphatic rings. The third-order valence-corrected chi connectivity index (χ3v) is 4.34. The number of halogens is 2. The van der Waals surface area contributed by atoms with E-state index in [1.807, 2.05) is 18.2 Å². The van der Waals surface area contributed by atoms with Crippen molar-refractivity contribution in [3.63, 3.8) is 0 Å². The van der Waals surface area contributed by atoms with Crippen molar-refractivity contribution in [3.05, 3.63) is 27.7 Å². The van der Waals surface area contributed by atoms with Crippen molar-refractivity contribution in [1.29, 1.82) is 0 Å². The summed E-state index contributed by atoms with van der Waals surface area (Å²) in [6, 6.07) is 5.67. The lowest BCUT2D eigenvalue weighted by Crippen LogP contribution is -2.34. The second-order valence-electron chi connectivity index (χ2n) is 4.67. The molecule has 3 nitrogen and oxygen atoms in total. The van der Waals surface area contributed by atoms with E-state index in [0.29, 0.717) is 11.6 Å². The van der Waals surface area contributed by atoms with Crippen LogP contribution in [0.15, 0.2) is 22.7 Å². The summed E-state index contributed by atoms with van der Waals surface area (Å²) in [5, 5.41) is 13.9. The lowest BCUT2D eigenvalue weighted by molar-refractivity contribution is 0.135. The molecule has 1 unspecified atom stereocenters. The number of rotatable bonds is 5. The lowest BCUT2D eigenvalue weighted by atomic mass is 10.3. The van der Waals surface area contributed by atoms with E-state index >= 15 is 0 Å². The van der Waals surface area contributed by atoms with Gasteiger partial charge in [0.05, 0.1) is 11.1 Å². The number of hydrogen-bond donors (Lipinski definition) is 2.